The molecule has 0 N–H and O–H groups in total. The third-order valence-electron chi connectivity index (χ3n) is 5.18. The van der Waals surface area contributed by atoms with Gasteiger partial charge in [-0.05, 0) is 39.3 Å². The van der Waals surface area contributed by atoms with Crippen LogP contribution in [0.2, 0.25) is 0 Å². The van der Waals surface area contributed by atoms with E-state index in [1.165, 1.54) is 0 Å². The van der Waals surface area contributed by atoms with Crippen molar-refractivity contribution in [1.29, 1.82) is 0 Å². The minimum Gasteiger partial charge on any atom is -0.463 e. The van der Waals surface area contributed by atoms with Gasteiger partial charge in [0.2, 0.25) is 6.29 Å². The highest BCUT2D eigenvalue weighted by Gasteiger charge is 2.22. The maximum Gasteiger partial charge on any atom is 0.200 e. The van der Waals surface area contributed by atoms with Gasteiger partial charge in [0, 0.05) is 44.1 Å². The molecule has 0 spiro atoms. The molecule has 0 aliphatic rings. The number of Topliss-reactive ketones (excluding diaryl/α,β-unsaturated/α-hetero) is 1. The molecule has 158 valence electrons. The lowest BCUT2D eigenvalue weighted by Crippen LogP contribution is -2.39. The summed E-state index contributed by atoms with van der Waals surface area (Å²) in [5.41, 5.74) is 2.55. The van der Waals surface area contributed by atoms with Crippen molar-refractivity contribution in [3.05, 3.63) is 54.1 Å². The zero-order valence-corrected chi connectivity index (χ0v) is 18.6. The molecule has 0 heterocycles. The first-order chi connectivity index (χ1) is 13.9. The quantitative estimate of drug-likeness (QED) is 0.354. The van der Waals surface area contributed by atoms with Crippen LogP contribution in [0.15, 0.2) is 48.5 Å². The van der Waals surface area contributed by atoms with Crippen molar-refractivity contribution in [1.82, 2.24) is 4.90 Å². The number of hydrogen-bond acceptors (Lipinski definition) is 4. The summed E-state index contributed by atoms with van der Waals surface area (Å²) < 4.78 is 12.0. The number of nitrogens with zero attached hydrogens (tertiary/aromatic N) is 1. The Bertz CT molecular complexity index is 763. The molecule has 0 aromatic heterocycles. The van der Waals surface area contributed by atoms with Crippen molar-refractivity contribution in [3.63, 3.8) is 0 Å². The van der Waals surface area contributed by atoms with Gasteiger partial charge in [0.25, 0.3) is 0 Å². The van der Waals surface area contributed by atoms with E-state index in [4.69, 9.17) is 9.47 Å². The van der Waals surface area contributed by atoms with Crippen LogP contribution in [0.3, 0.4) is 0 Å². The second-order valence-corrected chi connectivity index (χ2v) is 7.82. The number of carbonyl (C=O) groups is 1. The van der Waals surface area contributed by atoms with Crippen LogP contribution >= 0.6 is 0 Å². The molecule has 0 fully saturated rings. The van der Waals surface area contributed by atoms with E-state index in [0.717, 1.165) is 24.1 Å². The number of ketones is 1. The van der Waals surface area contributed by atoms with E-state index < -0.39 is 6.29 Å². The van der Waals surface area contributed by atoms with Crippen LogP contribution in [-0.2, 0) is 4.74 Å². The average Bonchev–Trinajstić information content (AvgIpc) is 2.72. The first-order valence-electron chi connectivity index (χ1n) is 10.6. The number of rotatable bonds is 11. The summed E-state index contributed by atoms with van der Waals surface area (Å²) in [6.07, 6.45) is 0.722. The summed E-state index contributed by atoms with van der Waals surface area (Å²) in [6, 6.07) is 16.7. The number of ether oxygens (including phenoxy) is 2. The highest BCUT2D eigenvalue weighted by atomic mass is 16.7. The van der Waals surface area contributed by atoms with Crippen LogP contribution in [0.5, 0.6) is 5.75 Å². The Morgan fingerprint density at radius 3 is 2.17 bits per heavy atom. The highest BCUT2D eigenvalue weighted by molar-refractivity contribution is 6.00. The maximum atomic E-state index is 12.6. The van der Waals surface area contributed by atoms with E-state index in [9.17, 15) is 4.79 Å². The van der Waals surface area contributed by atoms with E-state index >= 15 is 0 Å². The normalized spacial score (nSPS) is 12.6. The molecule has 0 saturated carbocycles. The highest BCUT2D eigenvalue weighted by Crippen LogP contribution is 2.35. The second-order valence-electron chi connectivity index (χ2n) is 7.82. The number of methoxy groups -OCH3 is 1. The summed E-state index contributed by atoms with van der Waals surface area (Å²) >= 11 is 0. The van der Waals surface area contributed by atoms with E-state index in [-0.39, 0.29) is 5.78 Å². The monoisotopic (exact) mass is 397 g/mol. The molecule has 2 aromatic rings. The van der Waals surface area contributed by atoms with E-state index in [0.29, 0.717) is 29.8 Å². The molecule has 0 aliphatic carbocycles. The van der Waals surface area contributed by atoms with Gasteiger partial charge in [-0.1, -0.05) is 49.4 Å². The summed E-state index contributed by atoms with van der Waals surface area (Å²) in [7, 11) is 1.66. The maximum absolute atomic E-state index is 12.6. The first kappa shape index (κ1) is 23.1. The molecule has 29 heavy (non-hydrogen) atoms. The summed E-state index contributed by atoms with van der Waals surface area (Å²) in [5.74, 6) is 0.677. The molecule has 0 saturated heterocycles. The van der Waals surface area contributed by atoms with Crippen LogP contribution in [0.1, 0.15) is 57.8 Å². The molecule has 0 radical (unpaired) electrons. The lowest BCUT2D eigenvalue weighted by atomic mass is 9.98. The van der Waals surface area contributed by atoms with Crippen LogP contribution in [0.4, 0.5) is 0 Å². The number of hydrogen-bond donors (Lipinski definition) is 0. The Hall–Kier alpha value is -2.17. The van der Waals surface area contributed by atoms with Gasteiger partial charge in [0.1, 0.15) is 5.75 Å². The fraction of sp³-hybridized carbons (Fsp3) is 0.480. The van der Waals surface area contributed by atoms with Crippen LogP contribution in [0.25, 0.3) is 11.1 Å². The van der Waals surface area contributed by atoms with Crippen LogP contribution in [-0.4, -0.2) is 42.7 Å². The molecule has 4 heteroatoms. The molecule has 1 atom stereocenters. The van der Waals surface area contributed by atoms with Crippen LogP contribution < -0.4 is 4.74 Å². The van der Waals surface area contributed by atoms with E-state index in [2.05, 4.69) is 32.6 Å². The number of benzene rings is 2. The zero-order valence-electron chi connectivity index (χ0n) is 18.6. The van der Waals surface area contributed by atoms with Crippen molar-refractivity contribution < 1.29 is 14.3 Å². The second kappa shape index (κ2) is 11.1. The zero-order chi connectivity index (χ0) is 21.4. The predicted octanol–water partition coefficient (Wildman–Crippen LogP) is 5.81. The Kier molecular flexibility index (Phi) is 8.87. The molecule has 4 nitrogen and oxygen atoms in total. The van der Waals surface area contributed by atoms with Crippen LogP contribution in [0, 0.1) is 0 Å². The Labute approximate surface area is 175 Å². The Balaban J connectivity index is 2.34. The SMILES string of the molecule is CCC(=O)c1cccc(-c2ccccc2)c1OC(CCN(C(C)C)C(C)C)OC. The molecule has 1 unspecified atom stereocenters. The Morgan fingerprint density at radius 1 is 0.966 bits per heavy atom. The summed E-state index contributed by atoms with van der Waals surface area (Å²) in [6.45, 7) is 11.5. The van der Waals surface area contributed by atoms with Crippen molar-refractivity contribution in [2.45, 2.75) is 65.8 Å². The molecule has 0 amide bonds. The third-order valence-corrected chi connectivity index (χ3v) is 5.18. The van der Waals surface area contributed by atoms with Gasteiger partial charge in [-0.15, -0.1) is 0 Å². The largest absolute Gasteiger partial charge is 0.463 e. The van der Waals surface area contributed by atoms with Crippen molar-refractivity contribution in [2.75, 3.05) is 13.7 Å². The van der Waals surface area contributed by atoms with Crippen molar-refractivity contribution in [3.8, 4) is 16.9 Å². The smallest absolute Gasteiger partial charge is 0.200 e. The average molecular weight is 398 g/mol. The lowest BCUT2D eigenvalue weighted by Gasteiger charge is -2.32. The van der Waals surface area contributed by atoms with Gasteiger partial charge >= 0.3 is 0 Å². The molecule has 2 aromatic carbocycles. The van der Waals surface area contributed by atoms with E-state index in [1.54, 1.807) is 7.11 Å². The Morgan fingerprint density at radius 2 is 1.62 bits per heavy atom. The standard InChI is InChI=1S/C25H35NO3/c1-7-23(27)22-15-11-14-21(20-12-9-8-10-13-20)25(22)29-24(28-6)16-17-26(18(2)3)19(4)5/h8-15,18-19,24H,7,16-17H2,1-6H3. The van der Waals surface area contributed by atoms with Gasteiger partial charge < -0.3 is 9.47 Å². The van der Waals surface area contributed by atoms with Gasteiger partial charge in [-0.2, -0.15) is 0 Å². The van der Waals surface area contributed by atoms with Crippen molar-refractivity contribution in [2.24, 2.45) is 0 Å². The fourth-order valence-electron chi connectivity index (χ4n) is 3.64. The molecule has 0 bridgehead atoms. The van der Waals surface area contributed by atoms with Gasteiger partial charge in [0.05, 0.1) is 5.56 Å². The summed E-state index contributed by atoms with van der Waals surface area (Å²) in [5, 5.41) is 0. The number of para-hydroxylation sites is 1. The number of carbonyl (C=O) groups excluding carboxylic acids is 1. The first-order valence-corrected chi connectivity index (χ1v) is 10.6. The third kappa shape index (κ3) is 6.15. The predicted molar refractivity (Wildman–Crippen MR) is 120 cm³/mol. The summed E-state index contributed by atoms with van der Waals surface area (Å²) in [4.78, 5) is 15.0. The van der Waals surface area contributed by atoms with Gasteiger partial charge in [-0.25, -0.2) is 0 Å². The topological polar surface area (TPSA) is 38.8 Å². The molecular weight excluding hydrogens is 362 g/mol. The van der Waals surface area contributed by atoms with Gasteiger partial charge in [-0.3, -0.25) is 9.69 Å². The van der Waals surface area contributed by atoms with Crippen molar-refractivity contribution >= 4 is 5.78 Å². The minimum atomic E-state index is -0.428. The molecular formula is C25H35NO3. The van der Waals surface area contributed by atoms with Gasteiger partial charge in [0.15, 0.2) is 5.78 Å². The van der Waals surface area contributed by atoms with E-state index in [1.807, 2.05) is 55.5 Å². The molecule has 0 aliphatic heterocycles. The fourth-order valence-corrected chi connectivity index (χ4v) is 3.64. The minimum absolute atomic E-state index is 0.0682. The molecule has 2 rings (SSSR count). The lowest BCUT2D eigenvalue weighted by molar-refractivity contribution is -0.0649.